The van der Waals surface area contributed by atoms with Gasteiger partial charge in [0, 0.05) is 12.8 Å². The molecule has 0 aliphatic heterocycles. The van der Waals surface area contributed by atoms with E-state index < -0.39 is 6.10 Å². The number of ether oxygens (including phenoxy) is 2. The van der Waals surface area contributed by atoms with Gasteiger partial charge in [0.25, 0.3) is 0 Å². The second-order valence-corrected chi connectivity index (χ2v) is 19.3. The first-order valence-corrected chi connectivity index (χ1v) is 29.7. The molecule has 72 heavy (non-hydrogen) atoms. The van der Waals surface area contributed by atoms with Gasteiger partial charge in [0.1, 0.15) is 6.61 Å². The summed E-state index contributed by atoms with van der Waals surface area (Å²) in [6.07, 6.45) is 91.4. The van der Waals surface area contributed by atoms with Crippen LogP contribution < -0.4 is 0 Å². The Balaban J connectivity index is 3.52. The summed E-state index contributed by atoms with van der Waals surface area (Å²) in [5.41, 5.74) is 0. The van der Waals surface area contributed by atoms with Crippen LogP contribution >= 0.6 is 0 Å². The Bertz CT molecular complexity index is 1500. The van der Waals surface area contributed by atoms with E-state index in [2.05, 4.69) is 148 Å². The molecule has 1 unspecified atom stereocenters. The molecule has 0 radical (unpaired) electrons. The molecule has 0 saturated heterocycles. The van der Waals surface area contributed by atoms with E-state index in [1.165, 1.54) is 116 Å². The van der Waals surface area contributed by atoms with Crippen LogP contribution in [-0.2, 0) is 19.1 Å². The van der Waals surface area contributed by atoms with Crippen LogP contribution in [0.5, 0.6) is 0 Å². The number of carbonyl (C=O) groups excluding carboxylic acids is 2. The number of hydrogen-bond donors (Lipinski definition) is 1. The molecule has 408 valence electrons. The van der Waals surface area contributed by atoms with Gasteiger partial charge in [-0.2, -0.15) is 0 Å². The zero-order chi connectivity index (χ0) is 52.0. The summed E-state index contributed by atoms with van der Waals surface area (Å²) in [5, 5.41) is 9.66. The molecule has 0 bridgehead atoms. The Hall–Kier alpha value is -3.96. The smallest absolute Gasteiger partial charge is 0.306 e. The Morgan fingerprint density at radius 3 is 0.833 bits per heavy atom. The number of esters is 2. The maximum Gasteiger partial charge on any atom is 0.306 e. The highest BCUT2D eigenvalue weighted by Gasteiger charge is 2.16. The van der Waals surface area contributed by atoms with E-state index in [0.717, 1.165) is 116 Å². The number of aliphatic hydroxyl groups excluding tert-OH is 1. The normalized spacial score (nSPS) is 13.2. The molecule has 0 aromatic rings. The predicted octanol–water partition coefficient (Wildman–Crippen LogP) is 20.4. The quantitative estimate of drug-likeness (QED) is 0.0373. The van der Waals surface area contributed by atoms with Crippen molar-refractivity contribution in [3.8, 4) is 0 Å². The molecule has 0 aliphatic carbocycles. The van der Waals surface area contributed by atoms with E-state index in [0.29, 0.717) is 12.8 Å². The van der Waals surface area contributed by atoms with E-state index in [1.54, 1.807) is 0 Å². The number of aliphatic hydroxyl groups is 1. The molecule has 0 heterocycles. The van der Waals surface area contributed by atoms with Gasteiger partial charge in [0.15, 0.2) is 6.10 Å². The summed E-state index contributed by atoms with van der Waals surface area (Å²) in [7, 11) is 0. The lowest BCUT2D eigenvalue weighted by Gasteiger charge is -2.15. The van der Waals surface area contributed by atoms with Crippen LogP contribution in [0, 0.1) is 0 Å². The van der Waals surface area contributed by atoms with Crippen molar-refractivity contribution < 1.29 is 24.2 Å². The van der Waals surface area contributed by atoms with Gasteiger partial charge < -0.3 is 14.6 Å². The van der Waals surface area contributed by atoms with Crippen LogP contribution in [0.2, 0.25) is 0 Å². The maximum absolute atomic E-state index is 12.3. The fourth-order valence-electron chi connectivity index (χ4n) is 8.06. The highest BCUT2D eigenvalue weighted by atomic mass is 16.6. The molecule has 0 aromatic carbocycles. The Labute approximate surface area is 445 Å². The summed E-state index contributed by atoms with van der Waals surface area (Å²) in [4.78, 5) is 24.5. The van der Waals surface area contributed by atoms with E-state index >= 15 is 0 Å². The number of unbranched alkanes of at least 4 members (excludes halogenated alkanes) is 23. The molecule has 0 amide bonds. The predicted molar refractivity (Wildman–Crippen MR) is 315 cm³/mol. The first-order chi connectivity index (χ1) is 35.6. The van der Waals surface area contributed by atoms with Gasteiger partial charge in [0.05, 0.1) is 6.61 Å². The van der Waals surface area contributed by atoms with E-state index in [-0.39, 0.29) is 25.2 Å². The number of carbonyl (C=O) groups is 2. The topological polar surface area (TPSA) is 72.8 Å². The van der Waals surface area contributed by atoms with Gasteiger partial charge in [-0.15, -0.1) is 0 Å². The van der Waals surface area contributed by atoms with Gasteiger partial charge in [0.2, 0.25) is 0 Å². The second kappa shape index (κ2) is 61.3. The monoisotopic (exact) mass is 995 g/mol. The highest BCUT2D eigenvalue weighted by Crippen LogP contribution is 2.16. The van der Waals surface area contributed by atoms with Crippen LogP contribution in [0.1, 0.15) is 258 Å². The average molecular weight is 996 g/mol. The summed E-state index contributed by atoms with van der Waals surface area (Å²) in [5.74, 6) is -0.602. The molecule has 1 N–H and O–H groups in total. The molecule has 0 aromatic heterocycles. The molecule has 5 nitrogen and oxygen atoms in total. The summed E-state index contributed by atoms with van der Waals surface area (Å²) in [6.45, 7) is 3.91. The Morgan fingerprint density at radius 1 is 0.319 bits per heavy atom. The van der Waals surface area contributed by atoms with Crippen LogP contribution in [0.4, 0.5) is 0 Å². The fourth-order valence-corrected chi connectivity index (χ4v) is 8.06. The van der Waals surface area contributed by atoms with Gasteiger partial charge in [-0.05, 0) is 109 Å². The van der Waals surface area contributed by atoms with Crippen molar-refractivity contribution in [3.63, 3.8) is 0 Å². The number of rotatable bonds is 53. The van der Waals surface area contributed by atoms with E-state index in [4.69, 9.17) is 9.47 Å². The molecular formula is C67H110O5. The minimum Gasteiger partial charge on any atom is -0.462 e. The third kappa shape index (κ3) is 58.6. The summed E-state index contributed by atoms with van der Waals surface area (Å²) in [6, 6.07) is 0. The summed E-state index contributed by atoms with van der Waals surface area (Å²) >= 11 is 0. The minimum absolute atomic E-state index is 0.0757. The minimum atomic E-state index is -0.784. The van der Waals surface area contributed by atoms with Crippen LogP contribution in [0.15, 0.2) is 134 Å². The van der Waals surface area contributed by atoms with Crippen molar-refractivity contribution in [2.24, 2.45) is 0 Å². The second-order valence-electron chi connectivity index (χ2n) is 19.3. The van der Waals surface area contributed by atoms with Gasteiger partial charge in [-0.1, -0.05) is 270 Å². The highest BCUT2D eigenvalue weighted by molar-refractivity contribution is 5.70. The Kier molecular flexibility index (Phi) is 58.0. The molecular weight excluding hydrogens is 885 g/mol. The number of allylic oxidation sites excluding steroid dienone is 22. The fraction of sp³-hybridized carbons (Fsp3) is 0.642. The first-order valence-electron chi connectivity index (χ1n) is 29.7. The van der Waals surface area contributed by atoms with Gasteiger partial charge >= 0.3 is 11.9 Å². The maximum atomic E-state index is 12.3. The van der Waals surface area contributed by atoms with Crippen LogP contribution in [0.3, 0.4) is 0 Å². The lowest BCUT2D eigenvalue weighted by Crippen LogP contribution is -2.28. The van der Waals surface area contributed by atoms with Crippen molar-refractivity contribution in [3.05, 3.63) is 134 Å². The molecule has 5 heteroatoms. The van der Waals surface area contributed by atoms with Crippen LogP contribution in [0.25, 0.3) is 0 Å². The number of hydrogen-bond acceptors (Lipinski definition) is 5. The third-order valence-electron chi connectivity index (χ3n) is 12.4. The standard InChI is InChI=1S/C67H110O5/c1-3-5-7-9-11-13-15-17-19-21-23-25-26-27-28-29-30-31-32-33-34-35-36-37-38-39-40-42-44-46-48-50-52-54-56-58-60-62-67(70)72-65(63-68)64-71-66(69)61-59-57-55-53-51-49-47-45-43-41-24-22-20-18-16-14-12-10-8-6-4-2/h5-8,11-14,17-20,23-25,27-28,30-31,33-34,41,65,68H,3-4,9-10,15-16,21-22,26,29,32,35-40,42-64H2,1-2H3/b7-5-,8-6-,13-11-,14-12-,19-17-,20-18-,25-23-,28-27-,31-30-,34-33-,41-24-. The van der Waals surface area contributed by atoms with E-state index in [9.17, 15) is 14.7 Å². The Morgan fingerprint density at radius 2 is 0.556 bits per heavy atom. The van der Waals surface area contributed by atoms with E-state index in [1.807, 2.05) is 0 Å². The average Bonchev–Trinajstić information content (AvgIpc) is 3.38. The van der Waals surface area contributed by atoms with Crippen molar-refractivity contribution in [2.75, 3.05) is 13.2 Å². The van der Waals surface area contributed by atoms with Crippen molar-refractivity contribution in [2.45, 2.75) is 264 Å². The molecule has 0 saturated carbocycles. The third-order valence-corrected chi connectivity index (χ3v) is 12.4. The summed E-state index contributed by atoms with van der Waals surface area (Å²) < 4.78 is 10.7. The van der Waals surface area contributed by atoms with Crippen LogP contribution in [-0.4, -0.2) is 36.4 Å². The van der Waals surface area contributed by atoms with Crippen molar-refractivity contribution in [1.82, 2.24) is 0 Å². The lowest BCUT2D eigenvalue weighted by atomic mass is 10.0. The zero-order valence-electron chi connectivity index (χ0n) is 46.6. The van der Waals surface area contributed by atoms with Gasteiger partial charge in [-0.3, -0.25) is 9.59 Å². The molecule has 0 spiro atoms. The SMILES string of the molecule is CC/C=C\C/C=C\C/C=C\C/C=C\C/C=C\C/C=C\C/C=C\CCCCCCCCCCCCCCCCCC(=O)OC(CO)COC(=O)CCCCCCCCCC/C=C\C/C=C\C/C=C\C/C=C\CC. The zero-order valence-corrected chi connectivity index (χ0v) is 46.6. The van der Waals surface area contributed by atoms with Crippen molar-refractivity contribution >= 4 is 11.9 Å². The molecule has 0 aliphatic rings. The first kappa shape index (κ1) is 68.0. The largest absolute Gasteiger partial charge is 0.462 e. The van der Waals surface area contributed by atoms with Crippen molar-refractivity contribution in [1.29, 1.82) is 0 Å². The molecule has 1 atom stereocenters. The molecule has 0 rings (SSSR count). The molecule has 0 fully saturated rings. The lowest BCUT2D eigenvalue weighted by molar-refractivity contribution is -0.161. The van der Waals surface area contributed by atoms with Gasteiger partial charge in [-0.25, -0.2) is 0 Å².